The van der Waals surface area contributed by atoms with E-state index in [0.717, 1.165) is 4.73 Å². The van der Waals surface area contributed by atoms with Crippen molar-refractivity contribution in [1.29, 1.82) is 0 Å². The molecule has 0 unspecified atom stereocenters. The zero-order chi connectivity index (χ0) is 10.1. The highest BCUT2D eigenvalue weighted by atomic mass is 16.7. The van der Waals surface area contributed by atoms with Crippen LogP contribution in [0.4, 0.5) is 0 Å². The van der Waals surface area contributed by atoms with Gasteiger partial charge in [-0.05, 0) is 6.07 Å². The minimum atomic E-state index is -0.425. The van der Waals surface area contributed by atoms with Gasteiger partial charge < -0.3 is 9.94 Å². The van der Waals surface area contributed by atoms with Crippen molar-refractivity contribution in [2.45, 2.75) is 0 Å². The molecule has 2 aromatic rings. The molecule has 72 valence electrons. The molecule has 5 heteroatoms. The third-order valence-electron chi connectivity index (χ3n) is 1.90. The first-order valence-electron chi connectivity index (χ1n) is 3.98. The van der Waals surface area contributed by atoms with Gasteiger partial charge in [0, 0.05) is 17.6 Å². The molecule has 2 aromatic heterocycles. The number of nitrogens with zero attached hydrogens (tertiary/aromatic N) is 2. The number of aromatic hydroxyl groups is 1. The molecule has 0 radical (unpaired) electrons. The fourth-order valence-corrected chi connectivity index (χ4v) is 1.29. The van der Waals surface area contributed by atoms with Crippen molar-refractivity contribution >= 4 is 10.9 Å². The van der Waals surface area contributed by atoms with Crippen LogP contribution in [0.2, 0.25) is 0 Å². The molecule has 0 amide bonds. The highest BCUT2D eigenvalue weighted by molar-refractivity contribution is 5.82. The van der Waals surface area contributed by atoms with Gasteiger partial charge in [0.15, 0.2) is 0 Å². The molecule has 2 heterocycles. The normalized spacial score (nSPS) is 10.4. The molecule has 1 N–H and O–H groups in total. The lowest BCUT2D eigenvalue weighted by atomic mass is 10.2. The first kappa shape index (κ1) is 8.55. The van der Waals surface area contributed by atoms with Crippen LogP contribution in [-0.4, -0.2) is 21.9 Å². The van der Waals surface area contributed by atoms with E-state index in [1.807, 2.05) is 0 Å². The zero-order valence-electron chi connectivity index (χ0n) is 7.47. The van der Waals surface area contributed by atoms with E-state index in [1.165, 1.54) is 19.4 Å². The summed E-state index contributed by atoms with van der Waals surface area (Å²) in [6.45, 7) is 0. The predicted molar refractivity (Wildman–Crippen MR) is 50.2 cm³/mol. The van der Waals surface area contributed by atoms with E-state index in [2.05, 4.69) is 4.98 Å². The molecule has 0 aliphatic carbocycles. The molecule has 0 spiro atoms. The summed E-state index contributed by atoms with van der Waals surface area (Å²) < 4.78 is 0.787. The highest BCUT2D eigenvalue weighted by Gasteiger charge is 2.08. The van der Waals surface area contributed by atoms with E-state index in [4.69, 9.17) is 4.84 Å². The van der Waals surface area contributed by atoms with Crippen LogP contribution < -0.4 is 10.4 Å². The molecule has 0 atom stereocenters. The average Bonchev–Trinajstić information content (AvgIpc) is 2.18. The summed E-state index contributed by atoms with van der Waals surface area (Å²) in [5.41, 5.74) is -0.0838. The maximum Gasteiger partial charge on any atom is 0.287 e. The topological polar surface area (TPSA) is 64.3 Å². The Kier molecular flexibility index (Phi) is 1.85. The van der Waals surface area contributed by atoms with Crippen LogP contribution in [0.5, 0.6) is 5.88 Å². The van der Waals surface area contributed by atoms with E-state index < -0.39 is 5.56 Å². The third kappa shape index (κ3) is 1.10. The van der Waals surface area contributed by atoms with Crippen molar-refractivity contribution in [3.63, 3.8) is 0 Å². The zero-order valence-corrected chi connectivity index (χ0v) is 7.47. The molecule has 0 bridgehead atoms. The van der Waals surface area contributed by atoms with Crippen LogP contribution in [-0.2, 0) is 0 Å². The van der Waals surface area contributed by atoms with E-state index in [9.17, 15) is 9.90 Å². The van der Waals surface area contributed by atoms with Gasteiger partial charge in [-0.15, -0.1) is 4.73 Å². The van der Waals surface area contributed by atoms with Crippen LogP contribution >= 0.6 is 0 Å². The van der Waals surface area contributed by atoms with Crippen molar-refractivity contribution in [3.05, 3.63) is 34.7 Å². The number of fused-ring (bicyclic) bond motifs is 1. The largest absolute Gasteiger partial charge is 0.491 e. The maximum absolute atomic E-state index is 11.3. The van der Waals surface area contributed by atoms with Gasteiger partial charge in [-0.2, -0.15) is 0 Å². The molecule has 0 aliphatic rings. The number of aromatic nitrogens is 2. The predicted octanol–water partition coefficient (Wildman–Crippen LogP) is 0.160. The molecule has 0 aromatic carbocycles. The summed E-state index contributed by atoms with van der Waals surface area (Å²) >= 11 is 0. The van der Waals surface area contributed by atoms with Crippen molar-refractivity contribution in [2.75, 3.05) is 7.11 Å². The smallest absolute Gasteiger partial charge is 0.287 e. The average molecular weight is 192 g/mol. The summed E-state index contributed by atoms with van der Waals surface area (Å²) in [6, 6.07) is 4.74. The highest BCUT2D eigenvalue weighted by Crippen LogP contribution is 2.18. The minimum Gasteiger partial charge on any atom is -0.491 e. The molecule has 2 rings (SSSR count). The van der Waals surface area contributed by atoms with Gasteiger partial charge >= 0.3 is 0 Å². The van der Waals surface area contributed by atoms with Gasteiger partial charge in [0.05, 0.1) is 0 Å². The Morgan fingerprint density at radius 3 is 3.07 bits per heavy atom. The molecular formula is C9H8N2O3. The molecule has 0 saturated carbocycles. The van der Waals surface area contributed by atoms with E-state index in [0.29, 0.717) is 10.9 Å². The Labute approximate surface area is 79.2 Å². The second-order valence-electron chi connectivity index (χ2n) is 2.72. The van der Waals surface area contributed by atoms with Crippen molar-refractivity contribution in [3.8, 4) is 5.88 Å². The lowest BCUT2D eigenvalue weighted by Gasteiger charge is -2.06. The molecule has 14 heavy (non-hydrogen) atoms. The summed E-state index contributed by atoms with van der Waals surface area (Å²) in [5.74, 6) is -0.282. The quantitative estimate of drug-likeness (QED) is 0.699. The molecular weight excluding hydrogens is 184 g/mol. The number of rotatable bonds is 1. The van der Waals surface area contributed by atoms with Crippen molar-refractivity contribution in [2.24, 2.45) is 0 Å². The second-order valence-corrected chi connectivity index (χ2v) is 2.72. The molecule has 0 aliphatic heterocycles. The summed E-state index contributed by atoms with van der Waals surface area (Å²) in [5, 5.41) is 10.2. The maximum atomic E-state index is 11.3. The standard InChI is InChI=1S/C9H8N2O3/c1-14-11-7(12)5-6-3-2-4-10-8(6)9(11)13/h2-5,13H,1H3. The Hall–Kier alpha value is -2.04. The van der Waals surface area contributed by atoms with Gasteiger partial charge in [-0.25, -0.2) is 0 Å². The van der Waals surface area contributed by atoms with Crippen molar-refractivity contribution < 1.29 is 9.94 Å². The summed E-state index contributed by atoms with van der Waals surface area (Å²) in [7, 11) is 1.30. The first-order chi connectivity index (χ1) is 6.74. The number of hydrogen-bond acceptors (Lipinski definition) is 4. The van der Waals surface area contributed by atoms with E-state index >= 15 is 0 Å². The van der Waals surface area contributed by atoms with Gasteiger partial charge in [-0.1, -0.05) is 6.07 Å². The van der Waals surface area contributed by atoms with Gasteiger partial charge in [0.25, 0.3) is 11.4 Å². The van der Waals surface area contributed by atoms with Gasteiger partial charge in [-0.3, -0.25) is 9.78 Å². The van der Waals surface area contributed by atoms with Gasteiger partial charge in [0.1, 0.15) is 12.6 Å². The molecule has 0 saturated heterocycles. The SMILES string of the molecule is COn1c(O)c2ncccc2cc1=O. The third-order valence-corrected chi connectivity index (χ3v) is 1.90. The van der Waals surface area contributed by atoms with Crippen LogP contribution in [0.25, 0.3) is 10.9 Å². The second kappa shape index (κ2) is 3.02. The summed E-state index contributed by atoms with van der Waals surface area (Å²) in [6.07, 6.45) is 1.53. The van der Waals surface area contributed by atoms with Crippen LogP contribution in [0.3, 0.4) is 0 Å². The number of pyridine rings is 2. The fraction of sp³-hybridized carbons (Fsp3) is 0.111. The van der Waals surface area contributed by atoms with Crippen LogP contribution in [0.15, 0.2) is 29.2 Å². The Bertz CT molecular complexity index is 533. The summed E-state index contributed by atoms with van der Waals surface area (Å²) in [4.78, 5) is 20.0. The van der Waals surface area contributed by atoms with Crippen LogP contribution in [0.1, 0.15) is 0 Å². The van der Waals surface area contributed by atoms with E-state index in [-0.39, 0.29) is 5.88 Å². The molecule has 0 fully saturated rings. The van der Waals surface area contributed by atoms with Crippen molar-refractivity contribution in [1.82, 2.24) is 9.71 Å². The lowest BCUT2D eigenvalue weighted by molar-refractivity contribution is 0.132. The monoisotopic (exact) mass is 192 g/mol. The fourth-order valence-electron chi connectivity index (χ4n) is 1.29. The van der Waals surface area contributed by atoms with Crippen LogP contribution in [0, 0.1) is 0 Å². The Balaban J connectivity index is 2.93. The Morgan fingerprint density at radius 2 is 2.36 bits per heavy atom. The first-order valence-corrected chi connectivity index (χ1v) is 3.98. The van der Waals surface area contributed by atoms with Gasteiger partial charge in [0.2, 0.25) is 0 Å². The van der Waals surface area contributed by atoms with E-state index in [1.54, 1.807) is 12.1 Å². The lowest BCUT2D eigenvalue weighted by Crippen LogP contribution is -2.23. The number of hydrogen-bond donors (Lipinski definition) is 1. The molecule has 5 nitrogen and oxygen atoms in total. The minimum absolute atomic E-state index is 0.282. The Morgan fingerprint density at radius 1 is 1.57 bits per heavy atom.